The molecule has 5 heteroatoms. The summed E-state index contributed by atoms with van der Waals surface area (Å²) < 4.78 is 13.8. The number of halogens is 2. The van der Waals surface area contributed by atoms with Crippen LogP contribution in [0.1, 0.15) is 18.5 Å². The summed E-state index contributed by atoms with van der Waals surface area (Å²) in [5, 5.41) is 22.1. The van der Waals surface area contributed by atoms with E-state index in [1.54, 1.807) is 18.2 Å². The average Bonchev–Trinajstić information content (AvgIpc) is 2.31. The predicted octanol–water partition coefficient (Wildman–Crippen LogP) is 4.01. The topological polar surface area (TPSA) is 52.5 Å². The maximum Gasteiger partial charge on any atom is 0.124 e. The smallest absolute Gasteiger partial charge is 0.124 e. The van der Waals surface area contributed by atoms with E-state index in [0.717, 1.165) is 14.8 Å². The molecule has 100 valence electrons. The minimum Gasteiger partial charge on any atom is -0.508 e. The minimum atomic E-state index is -0.280. The highest BCUT2D eigenvalue weighted by Crippen LogP contribution is 2.28. The maximum absolute atomic E-state index is 13.0. The molecule has 0 radical (unpaired) electrons. The Morgan fingerprint density at radius 2 is 1.74 bits per heavy atom. The van der Waals surface area contributed by atoms with Gasteiger partial charge in [-0.15, -0.1) is 0 Å². The molecule has 0 saturated heterocycles. The van der Waals surface area contributed by atoms with Crippen LogP contribution in [0, 0.1) is 9.39 Å². The Hall–Kier alpha value is -1.50. The van der Waals surface area contributed by atoms with Gasteiger partial charge in [0.2, 0.25) is 0 Å². The molecule has 3 nitrogen and oxygen atoms in total. The van der Waals surface area contributed by atoms with Crippen molar-refractivity contribution < 1.29 is 14.6 Å². The Morgan fingerprint density at radius 3 is 2.32 bits per heavy atom. The number of benzene rings is 2. The van der Waals surface area contributed by atoms with E-state index in [2.05, 4.69) is 27.9 Å². The number of aromatic hydroxyl groups is 2. The summed E-state index contributed by atoms with van der Waals surface area (Å²) in [7, 11) is 0. The number of hydrogen-bond donors (Lipinski definition) is 3. The summed E-state index contributed by atoms with van der Waals surface area (Å²) in [6, 6.07) is 8.79. The zero-order valence-corrected chi connectivity index (χ0v) is 12.3. The summed E-state index contributed by atoms with van der Waals surface area (Å²) in [6.07, 6.45) is 0. The lowest BCUT2D eigenvalue weighted by Crippen LogP contribution is -2.07. The lowest BCUT2D eigenvalue weighted by molar-refractivity contribution is 0.448. The van der Waals surface area contributed by atoms with E-state index < -0.39 is 0 Å². The molecule has 0 spiro atoms. The second-order valence-electron chi connectivity index (χ2n) is 4.27. The van der Waals surface area contributed by atoms with Gasteiger partial charge in [0.05, 0.1) is 0 Å². The minimum absolute atomic E-state index is 0.0115. The fourth-order valence-corrected chi connectivity index (χ4v) is 2.42. The molecule has 0 bridgehead atoms. The molecule has 0 heterocycles. The first kappa shape index (κ1) is 13.9. The van der Waals surface area contributed by atoms with Crippen LogP contribution in [0.2, 0.25) is 0 Å². The lowest BCUT2D eigenvalue weighted by Gasteiger charge is -2.17. The Kier molecular flexibility index (Phi) is 4.14. The lowest BCUT2D eigenvalue weighted by atomic mass is 10.1. The van der Waals surface area contributed by atoms with E-state index in [1.807, 2.05) is 6.92 Å². The molecule has 0 aromatic heterocycles. The molecule has 1 unspecified atom stereocenters. The predicted molar refractivity (Wildman–Crippen MR) is 80.9 cm³/mol. The highest BCUT2D eigenvalue weighted by molar-refractivity contribution is 14.1. The maximum atomic E-state index is 13.0. The van der Waals surface area contributed by atoms with Crippen molar-refractivity contribution in [2.24, 2.45) is 0 Å². The molecule has 0 fully saturated rings. The van der Waals surface area contributed by atoms with E-state index in [-0.39, 0.29) is 23.4 Å². The van der Waals surface area contributed by atoms with E-state index in [0.29, 0.717) is 0 Å². The summed E-state index contributed by atoms with van der Waals surface area (Å²) in [5.41, 5.74) is 1.55. The van der Waals surface area contributed by atoms with Crippen molar-refractivity contribution in [3.05, 3.63) is 51.3 Å². The van der Waals surface area contributed by atoms with Gasteiger partial charge in [0.15, 0.2) is 0 Å². The molecular weight excluding hydrogens is 360 g/mol. The molecule has 0 aliphatic heterocycles. The average molecular weight is 373 g/mol. The first-order valence-electron chi connectivity index (χ1n) is 5.70. The third kappa shape index (κ3) is 3.50. The first-order valence-corrected chi connectivity index (χ1v) is 6.78. The monoisotopic (exact) mass is 373 g/mol. The molecule has 3 N–H and O–H groups in total. The van der Waals surface area contributed by atoms with E-state index in [4.69, 9.17) is 0 Å². The van der Waals surface area contributed by atoms with Gasteiger partial charge in [-0.2, -0.15) is 0 Å². The van der Waals surface area contributed by atoms with Crippen LogP contribution >= 0.6 is 22.6 Å². The Labute approximate surface area is 124 Å². The highest BCUT2D eigenvalue weighted by atomic mass is 127. The summed E-state index contributed by atoms with van der Waals surface area (Å²) in [4.78, 5) is 0. The van der Waals surface area contributed by atoms with Gasteiger partial charge >= 0.3 is 0 Å². The van der Waals surface area contributed by atoms with Gasteiger partial charge < -0.3 is 15.5 Å². The van der Waals surface area contributed by atoms with Gasteiger partial charge in [-0.3, -0.25) is 0 Å². The Bertz CT molecular complexity index is 584. The quantitative estimate of drug-likeness (QED) is 0.713. The van der Waals surface area contributed by atoms with E-state index >= 15 is 0 Å². The zero-order valence-electron chi connectivity index (χ0n) is 10.2. The van der Waals surface area contributed by atoms with Gasteiger partial charge in [0.1, 0.15) is 17.3 Å². The van der Waals surface area contributed by atoms with Gasteiger partial charge in [-0.05, 0) is 65.4 Å². The number of phenols is 2. The molecule has 0 aliphatic rings. The number of anilines is 1. The van der Waals surface area contributed by atoms with E-state index in [1.165, 1.54) is 18.2 Å². The fraction of sp³-hybridized carbons (Fsp3) is 0.143. The molecule has 2 aromatic rings. The van der Waals surface area contributed by atoms with Crippen molar-refractivity contribution in [3.8, 4) is 11.5 Å². The van der Waals surface area contributed by atoms with Crippen LogP contribution in [0.15, 0.2) is 36.4 Å². The Balaban J connectivity index is 2.22. The normalized spacial score (nSPS) is 12.2. The summed E-state index contributed by atoms with van der Waals surface area (Å²) >= 11 is 2.05. The summed E-state index contributed by atoms with van der Waals surface area (Å²) in [5.74, 6) is -0.257. The number of hydrogen-bond acceptors (Lipinski definition) is 3. The van der Waals surface area contributed by atoms with Crippen molar-refractivity contribution in [2.45, 2.75) is 13.0 Å². The third-order valence-electron chi connectivity index (χ3n) is 2.73. The highest BCUT2D eigenvalue weighted by Gasteiger charge is 2.10. The van der Waals surface area contributed by atoms with Gasteiger partial charge in [0, 0.05) is 21.4 Å². The van der Waals surface area contributed by atoms with Crippen LogP contribution in [-0.4, -0.2) is 10.2 Å². The third-order valence-corrected chi connectivity index (χ3v) is 3.62. The number of phenolic OH excluding ortho intramolecular Hbond substituents is 2. The largest absolute Gasteiger partial charge is 0.508 e. The van der Waals surface area contributed by atoms with Gasteiger partial charge in [-0.25, -0.2) is 4.39 Å². The van der Waals surface area contributed by atoms with Crippen LogP contribution < -0.4 is 5.32 Å². The Morgan fingerprint density at radius 1 is 1.11 bits per heavy atom. The molecule has 19 heavy (non-hydrogen) atoms. The van der Waals surface area contributed by atoms with Crippen molar-refractivity contribution in [1.82, 2.24) is 0 Å². The molecule has 0 aliphatic carbocycles. The SMILES string of the molecule is CC(Nc1ccc(F)cc1I)c1cc(O)cc(O)c1. The van der Waals surface area contributed by atoms with Crippen molar-refractivity contribution in [2.75, 3.05) is 5.32 Å². The van der Waals surface area contributed by atoms with Crippen molar-refractivity contribution in [1.29, 1.82) is 0 Å². The van der Waals surface area contributed by atoms with Crippen molar-refractivity contribution >= 4 is 28.3 Å². The number of nitrogens with one attached hydrogen (secondary N) is 1. The second kappa shape index (κ2) is 5.64. The van der Waals surface area contributed by atoms with Crippen LogP contribution in [0.4, 0.5) is 10.1 Å². The van der Waals surface area contributed by atoms with Gasteiger partial charge in [-0.1, -0.05) is 0 Å². The molecule has 1 atom stereocenters. The number of rotatable bonds is 3. The zero-order chi connectivity index (χ0) is 14.0. The van der Waals surface area contributed by atoms with Gasteiger partial charge in [0.25, 0.3) is 0 Å². The molecule has 2 rings (SSSR count). The summed E-state index contributed by atoms with van der Waals surface area (Å²) in [6.45, 7) is 1.90. The molecule has 0 saturated carbocycles. The molecule has 2 aromatic carbocycles. The van der Waals surface area contributed by atoms with Crippen molar-refractivity contribution in [3.63, 3.8) is 0 Å². The van der Waals surface area contributed by atoms with Crippen LogP contribution in [-0.2, 0) is 0 Å². The standard InChI is InChI=1S/C14H13FINO2/c1-8(9-4-11(18)7-12(19)5-9)17-14-3-2-10(15)6-13(14)16/h2-8,17-19H,1H3. The first-order chi connectivity index (χ1) is 8.95. The second-order valence-corrected chi connectivity index (χ2v) is 5.44. The van der Waals surface area contributed by atoms with Crippen LogP contribution in [0.5, 0.6) is 11.5 Å². The van der Waals surface area contributed by atoms with Crippen LogP contribution in [0.25, 0.3) is 0 Å². The fourth-order valence-electron chi connectivity index (χ4n) is 1.79. The van der Waals surface area contributed by atoms with E-state index in [9.17, 15) is 14.6 Å². The molecular formula is C14H13FINO2. The van der Waals surface area contributed by atoms with Crippen LogP contribution in [0.3, 0.4) is 0 Å². The molecule has 0 amide bonds.